The first-order chi connectivity index (χ1) is 7.67. The second-order valence-corrected chi connectivity index (χ2v) is 3.27. The molecule has 0 atom stereocenters. The summed E-state index contributed by atoms with van der Waals surface area (Å²) in [6.45, 7) is 0.771. The van der Waals surface area contributed by atoms with Crippen molar-refractivity contribution in [2.24, 2.45) is 5.73 Å². The Morgan fingerprint density at radius 2 is 2.31 bits per heavy atom. The minimum Gasteiger partial charge on any atom is -0.497 e. The Morgan fingerprint density at radius 3 is 2.88 bits per heavy atom. The van der Waals surface area contributed by atoms with Gasteiger partial charge in [0.2, 0.25) is 5.91 Å². The molecule has 0 bridgehead atoms. The highest BCUT2D eigenvalue weighted by Crippen LogP contribution is 2.16. The third-order valence-corrected chi connectivity index (χ3v) is 2.08. The number of nitrogens with one attached hydrogen (secondary N) is 1. The van der Waals surface area contributed by atoms with E-state index in [2.05, 4.69) is 5.32 Å². The number of methoxy groups -OCH3 is 1. The first kappa shape index (κ1) is 12.4. The number of carbonyl (C=O) groups is 1. The fourth-order valence-corrected chi connectivity index (χ4v) is 1.25. The van der Waals surface area contributed by atoms with Crippen molar-refractivity contribution >= 4 is 5.91 Å². The number of amides is 1. The Bertz CT molecular complexity index is 369. The molecule has 3 N–H and O–H groups in total. The molecule has 5 heteroatoms. The van der Waals surface area contributed by atoms with Gasteiger partial charge < -0.3 is 15.8 Å². The molecule has 1 aromatic rings. The van der Waals surface area contributed by atoms with Crippen LogP contribution >= 0.6 is 0 Å². The van der Waals surface area contributed by atoms with Crippen LogP contribution in [0.1, 0.15) is 5.56 Å². The number of halogens is 1. The molecule has 4 nitrogen and oxygen atoms in total. The highest BCUT2D eigenvalue weighted by atomic mass is 19.1. The Labute approximate surface area is 93.6 Å². The van der Waals surface area contributed by atoms with Crippen molar-refractivity contribution in [2.45, 2.75) is 6.42 Å². The van der Waals surface area contributed by atoms with Gasteiger partial charge in [0, 0.05) is 19.2 Å². The smallest absolute Gasteiger partial charge is 0.224 e. The lowest BCUT2D eigenvalue weighted by molar-refractivity contribution is -0.120. The number of hydrogen-bond donors (Lipinski definition) is 2. The number of nitrogens with two attached hydrogens (primary N) is 1. The molecule has 1 aromatic carbocycles. The Morgan fingerprint density at radius 1 is 1.56 bits per heavy atom. The normalized spacial score (nSPS) is 9.94. The van der Waals surface area contributed by atoms with E-state index in [1.54, 1.807) is 6.07 Å². The van der Waals surface area contributed by atoms with E-state index in [0.29, 0.717) is 24.4 Å². The van der Waals surface area contributed by atoms with Crippen LogP contribution in [0.3, 0.4) is 0 Å². The van der Waals surface area contributed by atoms with Crippen LogP contribution in [0.15, 0.2) is 18.2 Å². The minimum absolute atomic E-state index is 0.00975. The molecule has 88 valence electrons. The number of hydrogen-bond acceptors (Lipinski definition) is 3. The molecule has 0 aliphatic carbocycles. The minimum atomic E-state index is -0.442. The zero-order chi connectivity index (χ0) is 12.0. The second-order valence-electron chi connectivity index (χ2n) is 3.27. The molecule has 0 saturated heterocycles. The van der Waals surface area contributed by atoms with E-state index in [4.69, 9.17) is 10.5 Å². The molecule has 16 heavy (non-hydrogen) atoms. The predicted molar refractivity (Wildman–Crippen MR) is 58.7 cm³/mol. The summed E-state index contributed by atoms with van der Waals surface area (Å²) in [5.41, 5.74) is 5.58. The molecule has 0 spiro atoms. The van der Waals surface area contributed by atoms with E-state index in [9.17, 15) is 9.18 Å². The van der Waals surface area contributed by atoms with Gasteiger partial charge in [-0.15, -0.1) is 0 Å². The fraction of sp³-hybridized carbons (Fsp3) is 0.364. The Hall–Kier alpha value is -1.62. The van der Waals surface area contributed by atoms with Crippen LogP contribution in [0.5, 0.6) is 5.75 Å². The van der Waals surface area contributed by atoms with Gasteiger partial charge in [0.15, 0.2) is 0 Å². The van der Waals surface area contributed by atoms with Crippen LogP contribution in [0.2, 0.25) is 0 Å². The van der Waals surface area contributed by atoms with E-state index in [0.717, 1.165) is 0 Å². The molecule has 0 unspecified atom stereocenters. The van der Waals surface area contributed by atoms with Crippen molar-refractivity contribution in [3.05, 3.63) is 29.6 Å². The predicted octanol–water partition coefficient (Wildman–Crippen LogP) is 0.452. The van der Waals surface area contributed by atoms with Gasteiger partial charge in [-0.25, -0.2) is 4.39 Å². The Kier molecular flexibility index (Phi) is 4.72. The molecule has 1 rings (SSSR count). The number of ether oxygens (including phenoxy) is 1. The largest absolute Gasteiger partial charge is 0.497 e. The van der Waals surface area contributed by atoms with Gasteiger partial charge in [0.25, 0.3) is 0 Å². The van der Waals surface area contributed by atoms with Crippen LogP contribution in [0.25, 0.3) is 0 Å². The van der Waals surface area contributed by atoms with Crippen molar-refractivity contribution in [3.63, 3.8) is 0 Å². The second kappa shape index (κ2) is 6.07. The van der Waals surface area contributed by atoms with Crippen LogP contribution in [0.4, 0.5) is 4.39 Å². The molecule has 0 aliphatic rings. The van der Waals surface area contributed by atoms with Gasteiger partial charge in [-0.3, -0.25) is 4.79 Å². The number of rotatable bonds is 5. The molecule has 0 heterocycles. The van der Waals surface area contributed by atoms with Crippen molar-refractivity contribution in [3.8, 4) is 5.75 Å². The van der Waals surface area contributed by atoms with Gasteiger partial charge in [-0.05, 0) is 11.6 Å². The van der Waals surface area contributed by atoms with E-state index in [-0.39, 0.29) is 12.3 Å². The molecule has 0 fully saturated rings. The quantitative estimate of drug-likeness (QED) is 0.766. The monoisotopic (exact) mass is 226 g/mol. The fourth-order valence-electron chi connectivity index (χ4n) is 1.25. The molecule has 0 radical (unpaired) electrons. The molecular weight excluding hydrogens is 211 g/mol. The standard InChI is InChI=1S/C11H15FN2O2/c1-16-9-3-2-8(10(12)7-9)6-11(15)14-5-4-13/h2-3,7H,4-6,13H2,1H3,(H,14,15). The van der Waals surface area contributed by atoms with E-state index < -0.39 is 5.82 Å². The van der Waals surface area contributed by atoms with Crippen molar-refractivity contribution in [1.29, 1.82) is 0 Å². The van der Waals surface area contributed by atoms with Crippen LogP contribution in [-0.2, 0) is 11.2 Å². The van der Waals surface area contributed by atoms with Crippen LogP contribution < -0.4 is 15.8 Å². The molecule has 0 aliphatic heterocycles. The number of benzene rings is 1. The highest BCUT2D eigenvalue weighted by Gasteiger charge is 2.08. The summed E-state index contributed by atoms with van der Waals surface area (Å²) in [5.74, 6) is -0.250. The summed E-state index contributed by atoms with van der Waals surface area (Å²) in [6.07, 6.45) is 0.00975. The summed E-state index contributed by atoms with van der Waals surface area (Å²) in [7, 11) is 1.46. The van der Waals surface area contributed by atoms with Gasteiger partial charge in [0.1, 0.15) is 11.6 Å². The summed E-state index contributed by atoms with van der Waals surface area (Å²) >= 11 is 0. The summed E-state index contributed by atoms with van der Waals surface area (Å²) in [6, 6.07) is 4.41. The van der Waals surface area contributed by atoms with Crippen LogP contribution in [0, 0.1) is 5.82 Å². The lowest BCUT2D eigenvalue weighted by Crippen LogP contribution is -2.30. The molecule has 0 saturated carbocycles. The topological polar surface area (TPSA) is 64.3 Å². The maximum Gasteiger partial charge on any atom is 0.224 e. The Balaban J connectivity index is 2.63. The van der Waals surface area contributed by atoms with Gasteiger partial charge >= 0.3 is 0 Å². The average molecular weight is 226 g/mol. The average Bonchev–Trinajstić information content (AvgIpc) is 2.29. The third-order valence-electron chi connectivity index (χ3n) is 2.08. The SMILES string of the molecule is COc1ccc(CC(=O)NCCN)c(F)c1. The molecular formula is C11H15FN2O2. The molecule has 1 amide bonds. The number of carbonyl (C=O) groups excluding carboxylic acids is 1. The van der Waals surface area contributed by atoms with E-state index in [1.807, 2.05) is 0 Å². The third kappa shape index (κ3) is 3.51. The zero-order valence-electron chi connectivity index (χ0n) is 9.13. The summed E-state index contributed by atoms with van der Waals surface area (Å²) < 4.78 is 18.3. The van der Waals surface area contributed by atoms with E-state index in [1.165, 1.54) is 19.2 Å². The first-order valence-electron chi connectivity index (χ1n) is 4.96. The molecule has 0 aromatic heterocycles. The highest BCUT2D eigenvalue weighted by molar-refractivity contribution is 5.78. The van der Waals surface area contributed by atoms with Gasteiger partial charge in [-0.1, -0.05) is 6.07 Å². The zero-order valence-corrected chi connectivity index (χ0v) is 9.13. The summed E-state index contributed by atoms with van der Waals surface area (Å²) in [4.78, 5) is 11.3. The van der Waals surface area contributed by atoms with Crippen molar-refractivity contribution in [2.75, 3.05) is 20.2 Å². The maximum absolute atomic E-state index is 13.4. The van der Waals surface area contributed by atoms with Crippen LogP contribution in [-0.4, -0.2) is 26.1 Å². The summed E-state index contributed by atoms with van der Waals surface area (Å²) in [5, 5.41) is 2.57. The van der Waals surface area contributed by atoms with E-state index >= 15 is 0 Å². The first-order valence-corrected chi connectivity index (χ1v) is 4.96. The lowest BCUT2D eigenvalue weighted by atomic mass is 10.1. The van der Waals surface area contributed by atoms with Crippen molar-refractivity contribution in [1.82, 2.24) is 5.32 Å². The maximum atomic E-state index is 13.4. The van der Waals surface area contributed by atoms with Gasteiger partial charge in [0.05, 0.1) is 13.5 Å². The lowest BCUT2D eigenvalue weighted by Gasteiger charge is -2.06. The van der Waals surface area contributed by atoms with Gasteiger partial charge in [-0.2, -0.15) is 0 Å². The van der Waals surface area contributed by atoms with Crippen molar-refractivity contribution < 1.29 is 13.9 Å².